The lowest BCUT2D eigenvalue weighted by Gasteiger charge is -2.14. The highest BCUT2D eigenvalue weighted by atomic mass is 35.5. The van der Waals surface area contributed by atoms with Crippen LogP contribution in [-0.2, 0) is 0 Å². The van der Waals surface area contributed by atoms with Crippen LogP contribution in [0.4, 0.5) is 0 Å². The van der Waals surface area contributed by atoms with Gasteiger partial charge in [-0.2, -0.15) is 0 Å². The maximum Gasteiger partial charge on any atom is 0.0468 e. The van der Waals surface area contributed by atoms with E-state index in [9.17, 15) is 0 Å². The molecule has 15 heavy (non-hydrogen) atoms. The van der Waals surface area contributed by atoms with Gasteiger partial charge in [-0.15, -0.1) is 0 Å². The SMILES string of the molecule is CCCCC[C@@H](N)c1c(Cl)cccc1Cl. The quantitative estimate of drug-likeness (QED) is 0.756. The van der Waals surface area contributed by atoms with Gasteiger partial charge in [-0.05, 0) is 18.6 Å². The van der Waals surface area contributed by atoms with Crippen LogP contribution in [-0.4, -0.2) is 0 Å². The third kappa shape index (κ3) is 3.67. The van der Waals surface area contributed by atoms with E-state index in [1.54, 1.807) is 0 Å². The van der Waals surface area contributed by atoms with E-state index in [2.05, 4.69) is 6.92 Å². The number of halogens is 2. The molecule has 1 aromatic carbocycles. The highest BCUT2D eigenvalue weighted by Crippen LogP contribution is 2.31. The van der Waals surface area contributed by atoms with Crippen molar-refractivity contribution in [1.82, 2.24) is 0 Å². The second kappa shape index (κ2) is 6.37. The fourth-order valence-electron chi connectivity index (χ4n) is 1.62. The van der Waals surface area contributed by atoms with Gasteiger partial charge in [0.2, 0.25) is 0 Å². The van der Waals surface area contributed by atoms with Gasteiger partial charge in [-0.1, -0.05) is 55.5 Å². The zero-order chi connectivity index (χ0) is 11.3. The molecule has 0 amide bonds. The molecule has 2 N–H and O–H groups in total. The van der Waals surface area contributed by atoms with E-state index < -0.39 is 0 Å². The van der Waals surface area contributed by atoms with Gasteiger partial charge in [0.05, 0.1) is 0 Å². The fourth-order valence-corrected chi connectivity index (χ4v) is 2.30. The fraction of sp³-hybridized carbons (Fsp3) is 0.500. The van der Waals surface area contributed by atoms with Crippen LogP contribution in [0.1, 0.15) is 44.2 Å². The molecule has 1 atom stereocenters. The van der Waals surface area contributed by atoms with Crippen LogP contribution in [0.3, 0.4) is 0 Å². The summed E-state index contributed by atoms with van der Waals surface area (Å²) in [5.74, 6) is 0. The minimum Gasteiger partial charge on any atom is -0.324 e. The second-order valence-electron chi connectivity index (χ2n) is 3.74. The summed E-state index contributed by atoms with van der Waals surface area (Å²) >= 11 is 12.1. The number of rotatable bonds is 5. The molecule has 0 aliphatic carbocycles. The van der Waals surface area contributed by atoms with Crippen molar-refractivity contribution in [2.24, 2.45) is 5.73 Å². The Labute approximate surface area is 102 Å². The van der Waals surface area contributed by atoms with Crippen molar-refractivity contribution in [2.75, 3.05) is 0 Å². The van der Waals surface area contributed by atoms with Gasteiger partial charge >= 0.3 is 0 Å². The zero-order valence-corrected chi connectivity index (χ0v) is 10.5. The normalized spacial score (nSPS) is 12.8. The summed E-state index contributed by atoms with van der Waals surface area (Å²) in [5.41, 5.74) is 6.95. The summed E-state index contributed by atoms with van der Waals surface area (Å²) in [7, 11) is 0. The van der Waals surface area contributed by atoms with Crippen LogP contribution < -0.4 is 5.73 Å². The Bertz CT molecular complexity index is 292. The lowest BCUT2D eigenvalue weighted by atomic mass is 10.0. The van der Waals surface area contributed by atoms with Crippen LogP contribution in [0.2, 0.25) is 10.0 Å². The zero-order valence-electron chi connectivity index (χ0n) is 8.97. The third-order valence-electron chi connectivity index (χ3n) is 2.49. The van der Waals surface area contributed by atoms with Gasteiger partial charge in [0.15, 0.2) is 0 Å². The average molecular weight is 246 g/mol. The van der Waals surface area contributed by atoms with E-state index in [1.807, 2.05) is 18.2 Å². The molecule has 1 aromatic rings. The third-order valence-corrected chi connectivity index (χ3v) is 3.15. The standard InChI is InChI=1S/C12H17Cl2N/c1-2-3-4-8-11(15)12-9(13)6-5-7-10(12)14/h5-7,11H,2-4,8,15H2,1H3/t11-/m1/s1. The van der Waals surface area contributed by atoms with E-state index in [-0.39, 0.29) is 6.04 Å². The van der Waals surface area contributed by atoms with Crippen molar-refractivity contribution in [2.45, 2.75) is 38.6 Å². The first-order valence-corrected chi connectivity index (χ1v) is 6.12. The Morgan fingerprint density at radius 1 is 1.20 bits per heavy atom. The van der Waals surface area contributed by atoms with E-state index >= 15 is 0 Å². The Kier molecular flexibility index (Phi) is 5.44. The lowest BCUT2D eigenvalue weighted by molar-refractivity contribution is 0.581. The summed E-state index contributed by atoms with van der Waals surface area (Å²) in [6.45, 7) is 2.17. The Hall–Kier alpha value is -0.240. The van der Waals surface area contributed by atoms with Gasteiger partial charge < -0.3 is 5.73 Å². The van der Waals surface area contributed by atoms with Crippen LogP contribution in [0.15, 0.2) is 18.2 Å². The van der Waals surface area contributed by atoms with Crippen LogP contribution in [0, 0.1) is 0 Å². The smallest absolute Gasteiger partial charge is 0.0468 e. The largest absolute Gasteiger partial charge is 0.324 e. The lowest BCUT2D eigenvalue weighted by Crippen LogP contribution is -2.11. The highest BCUT2D eigenvalue weighted by molar-refractivity contribution is 6.36. The number of nitrogens with two attached hydrogens (primary N) is 1. The van der Waals surface area contributed by atoms with E-state index in [4.69, 9.17) is 28.9 Å². The van der Waals surface area contributed by atoms with Crippen molar-refractivity contribution >= 4 is 23.2 Å². The molecular formula is C12H17Cl2N. The maximum atomic E-state index is 6.07. The molecule has 84 valence electrons. The van der Waals surface area contributed by atoms with Gasteiger partial charge in [-0.3, -0.25) is 0 Å². The molecule has 1 rings (SSSR count). The van der Waals surface area contributed by atoms with Gasteiger partial charge in [-0.25, -0.2) is 0 Å². The monoisotopic (exact) mass is 245 g/mol. The van der Waals surface area contributed by atoms with Crippen molar-refractivity contribution in [1.29, 1.82) is 0 Å². The van der Waals surface area contributed by atoms with Crippen LogP contribution in [0.25, 0.3) is 0 Å². The number of hydrogen-bond donors (Lipinski definition) is 1. The summed E-state index contributed by atoms with van der Waals surface area (Å²) in [4.78, 5) is 0. The van der Waals surface area contributed by atoms with E-state index in [0.29, 0.717) is 10.0 Å². The molecule has 0 saturated carbocycles. The molecule has 0 aromatic heterocycles. The Morgan fingerprint density at radius 3 is 2.33 bits per heavy atom. The van der Waals surface area contributed by atoms with Crippen molar-refractivity contribution in [3.63, 3.8) is 0 Å². The number of benzene rings is 1. The van der Waals surface area contributed by atoms with Crippen LogP contribution >= 0.6 is 23.2 Å². The maximum absolute atomic E-state index is 6.07. The molecule has 0 aliphatic heterocycles. The minimum absolute atomic E-state index is 0.0438. The number of hydrogen-bond acceptors (Lipinski definition) is 1. The molecule has 0 aliphatic rings. The van der Waals surface area contributed by atoms with Crippen molar-refractivity contribution < 1.29 is 0 Å². The molecule has 3 heteroatoms. The van der Waals surface area contributed by atoms with Gasteiger partial charge in [0.25, 0.3) is 0 Å². The van der Waals surface area contributed by atoms with Crippen LogP contribution in [0.5, 0.6) is 0 Å². The Balaban J connectivity index is 2.68. The molecule has 0 radical (unpaired) electrons. The predicted octanol–water partition coefficient (Wildman–Crippen LogP) is 4.57. The first-order valence-electron chi connectivity index (χ1n) is 5.36. The first-order chi connectivity index (χ1) is 7.16. The second-order valence-corrected chi connectivity index (χ2v) is 4.55. The number of unbranched alkanes of at least 4 members (excludes halogenated alkanes) is 2. The van der Waals surface area contributed by atoms with Gasteiger partial charge in [0.1, 0.15) is 0 Å². The molecule has 0 fully saturated rings. The summed E-state index contributed by atoms with van der Waals surface area (Å²) in [6.07, 6.45) is 4.47. The highest BCUT2D eigenvalue weighted by Gasteiger charge is 2.13. The Morgan fingerprint density at radius 2 is 1.80 bits per heavy atom. The summed E-state index contributed by atoms with van der Waals surface area (Å²) in [6, 6.07) is 5.47. The topological polar surface area (TPSA) is 26.0 Å². The van der Waals surface area contributed by atoms with Crippen molar-refractivity contribution in [3.8, 4) is 0 Å². The van der Waals surface area contributed by atoms with E-state index in [1.165, 1.54) is 12.8 Å². The van der Waals surface area contributed by atoms with Gasteiger partial charge in [0, 0.05) is 21.7 Å². The summed E-state index contributed by atoms with van der Waals surface area (Å²) in [5, 5.41) is 1.35. The summed E-state index contributed by atoms with van der Waals surface area (Å²) < 4.78 is 0. The molecule has 0 unspecified atom stereocenters. The molecule has 0 heterocycles. The first kappa shape index (κ1) is 12.8. The molecular weight excluding hydrogens is 229 g/mol. The molecule has 0 bridgehead atoms. The minimum atomic E-state index is -0.0438. The molecule has 0 saturated heterocycles. The van der Waals surface area contributed by atoms with E-state index in [0.717, 1.165) is 18.4 Å². The molecule has 1 nitrogen and oxygen atoms in total. The molecule has 0 spiro atoms. The predicted molar refractivity (Wildman–Crippen MR) is 67.5 cm³/mol. The van der Waals surface area contributed by atoms with Crippen molar-refractivity contribution in [3.05, 3.63) is 33.8 Å². The average Bonchev–Trinajstić information content (AvgIpc) is 2.18.